The third-order valence-electron chi connectivity index (χ3n) is 2.28. The van der Waals surface area contributed by atoms with E-state index >= 15 is 0 Å². The van der Waals surface area contributed by atoms with E-state index in [0.29, 0.717) is 16.4 Å². The summed E-state index contributed by atoms with van der Waals surface area (Å²) in [7, 11) is 0. The lowest BCUT2D eigenvalue weighted by Crippen LogP contribution is -1.96. The summed E-state index contributed by atoms with van der Waals surface area (Å²) in [6.07, 6.45) is 0. The fourth-order valence-corrected chi connectivity index (χ4v) is 1.64. The molecule has 3 N–H and O–H groups in total. The van der Waals surface area contributed by atoms with Crippen molar-refractivity contribution in [3.63, 3.8) is 0 Å². The van der Waals surface area contributed by atoms with E-state index in [0.717, 1.165) is 5.69 Å². The van der Waals surface area contributed by atoms with Crippen molar-refractivity contribution in [1.82, 2.24) is 0 Å². The summed E-state index contributed by atoms with van der Waals surface area (Å²) in [4.78, 5) is 10.2. The lowest BCUT2D eigenvalue weighted by molar-refractivity contribution is -0.384. The van der Waals surface area contributed by atoms with Crippen LogP contribution in [0.15, 0.2) is 42.5 Å². The van der Waals surface area contributed by atoms with Gasteiger partial charge in [-0.3, -0.25) is 10.1 Å². The molecule has 2 aromatic carbocycles. The van der Waals surface area contributed by atoms with Crippen LogP contribution in [-0.4, -0.2) is 4.92 Å². The van der Waals surface area contributed by atoms with Crippen LogP contribution >= 0.6 is 11.6 Å². The monoisotopic (exact) mass is 263 g/mol. The van der Waals surface area contributed by atoms with Crippen molar-refractivity contribution in [2.75, 3.05) is 11.1 Å². The van der Waals surface area contributed by atoms with Crippen molar-refractivity contribution in [2.45, 2.75) is 0 Å². The number of non-ortho nitro benzene ring substituents is 1. The van der Waals surface area contributed by atoms with Crippen LogP contribution in [0.2, 0.25) is 5.02 Å². The Balaban J connectivity index is 2.28. The molecule has 0 atom stereocenters. The van der Waals surface area contributed by atoms with Crippen molar-refractivity contribution in [1.29, 1.82) is 0 Å². The number of hydrogen-bond acceptors (Lipinski definition) is 4. The second-order valence-corrected chi connectivity index (χ2v) is 4.14. The summed E-state index contributed by atoms with van der Waals surface area (Å²) in [6.45, 7) is 0. The van der Waals surface area contributed by atoms with Gasteiger partial charge in [0.15, 0.2) is 0 Å². The van der Waals surface area contributed by atoms with E-state index in [1.54, 1.807) is 30.3 Å². The lowest BCUT2D eigenvalue weighted by Gasteiger charge is -2.07. The van der Waals surface area contributed by atoms with Gasteiger partial charge in [-0.1, -0.05) is 11.6 Å². The summed E-state index contributed by atoms with van der Waals surface area (Å²) in [5.41, 5.74) is 7.23. The smallest absolute Gasteiger partial charge is 0.273 e. The maximum atomic E-state index is 10.7. The molecule has 5 nitrogen and oxygen atoms in total. The van der Waals surface area contributed by atoms with Crippen molar-refractivity contribution in [2.24, 2.45) is 0 Å². The first-order valence-corrected chi connectivity index (χ1v) is 5.50. The van der Waals surface area contributed by atoms with Gasteiger partial charge < -0.3 is 11.1 Å². The highest BCUT2D eigenvalue weighted by molar-refractivity contribution is 6.30. The number of nitrogens with one attached hydrogen (secondary N) is 1. The second kappa shape index (κ2) is 4.93. The lowest BCUT2D eigenvalue weighted by atomic mass is 10.2. The van der Waals surface area contributed by atoms with Crippen LogP contribution in [0, 0.1) is 10.1 Å². The zero-order valence-corrected chi connectivity index (χ0v) is 10.0. The van der Waals surface area contributed by atoms with Gasteiger partial charge in [0.2, 0.25) is 0 Å². The summed E-state index contributed by atoms with van der Waals surface area (Å²) in [5, 5.41) is 14.4. The van der Waals surface area contributed by atoms with E-state index in [1.807, 2.05) is 0 Å². The summed E-state index contributed by atoms with van der Waals surface area (Å²) >= 11 is 5.77. The Kier molecular flexibility index (Phi) is 3.34. The number of nitrogen functional groups attached to an aromatic ring is 1. The van der Waals surface area contributed by atoms with E-state index < -0.39 is 4.92 Å². The molecule has 0 aliphatic carbocycles. The van der Waals surface area contributed by atoms with Gasteiger partial charge in [0.1, 0.15) is 0 Å². The molecule has 0 saturated heterocycles. The van der Waals surface area contributed by atoms with Crippen LogP contribution in [-0.2, 0) is 0 Å². The number of nitro benzene ring substituents is 1. The third kappa shape index (κ3) is 2.89. The first-order chi connectivity index (χ1) is 8.54. The zero-order chi connectivity index (χ0) is 13.1. The van der Waals surface area contributed by atoms with E-state index in [-0.39, 0.29) is 5.69 Å². The minimum Gasteiger partial charge on any atom is -0.398 e. The average molecular weight is 264 g/mol. The fraction of sp³-hybridized carbons (Fsp3) is 0. The van der Waals surface area contributed by atoms with Crippen LogP contribution < -0.4 is 11.1 Å². The van der Waals surface area contributed by atoms with Crippen LogP contribution in [0.1, 0.15) is 0 Å². The van der Waals surface area contributed by atoms with Crippen molar-refractivity contribution in [3.8, 4) is 0 Å². The average Bonchev–Trinajstić information content (AvgIpc) is 2.31. The predicted molar refractivity (Wildman–Crippen MR) is 72.2 cm³/mol. The molecule has 0 aromatic heterocycles. The molecule has 0 bridgehead atoms. The largest absolute Gasteiger partial charge is 0.398 e. The molecule has 0 unspecified atom stereocenters. The summed E-state index contributed by atoms with van der Waals surface area (Å²) < 4.78 is 0. The predicted octanol–water partition coefficient (Wildman–Crippen LogP) is 3.57. The summed E-state index contributed by atoms with van der Waals surface area (Å²) in [6, 6.07) is 11.4. The molecule has 0 radical (unpaired) electrons. The number of nitrogens with two attached hydrogens (primary N) is 1. The maximum absolute atomic E-state index is 10.7. The molecule has 6 heteroatoms. The Morgan fingerprint density at radius 2 is 1.78 bits per heavy atom. The Labute approximate surface area is 108 Å². The Bertz CT molecular complexity index is 584. The number of rotatable bonds is 3. The molecule has 18 heavy (non-hydrogen) atoms. The normalized spacial score (nSPS) is 10.1. The molecule has 0 heterocycles. The van der Waals surface area contributed by atoms with Crippen LogP contribution in [0.3, 0.4) is 0 Å². The number of anilines is 3. The van der Waals surface area contributed by atoms with E-state index in [4.69, 9.17) is 17.3 Å². The van der Waals surface area contributed by atoms with E-state index in [9.17, 15) is 10.1 Å². The minimum absolute atomic E-state index is 0.0496. The van der Waals surface area contributed by atoms with Gasteiger partial charge in [-0.25, -0.2) is 0 Å². The van der Waals surface area contributed by atoms with Crippen LogP contribution in [0.4, 0.5) is 22.7 Å². The molecule has 0 saturated carbocycles. The molecule has 0 amide bonds. The fourth-order valence-electron chi connectivity index (χ4n) is 1.51. The number of benzene rings is 2. The number of nitrogens with zero attached hydrogens (tertiary/aromatic N) is 1. The van der Waals surface area contributed by atoms with Gasteiger partial charge >= 0.3 is 0 Å². The summed E-state index contributed by atoms with van der Waals surface area (Å²) in [5.74, 6) is 0. The third-order valence-corrected chi connectivity index (χ3v) is 2.54. The van der Waals surface area contributed by atoms with Crippen LogP contribution in [0.25, 0.3) is 0 Å². The standard InChI is InChI=1S/C12H10ClN3O2/c13-8-1-3-10(4-2-8)15-11-5-9(14)6-12(7-11)16(17)18/h1-7,15H,14H2. The molecule has 0 aliphatic heterocycles. The molecular weight excluding hydrogens is 254 g/mol. The molecular formula is C12H10ClN3O2. The Hall–Kier alpha value is -2.27. The van der Waals surface area contributed by atoms with Crippen molar-refractivity contribution in [3.05, 3.63) is 57.6 Å². The number of halogens is 1. The molecule has 0 aliphatic rings. The first kappa shape index (κ1) is 12.2. The first-order valence-electron chi connectivity index (χ1n) is 5.12. The van der Waals surface area contributed by atoms with Gasteiger partial charge in [-0.2, -0.15) is 0 Å². The van der Waals surface area contributed by atoms with Gasteiger partial charge in [-0.15, -0.1) is 0 Å². The van der Waals surface area contributed by atoms with Crippen molar-refractivity contribution < 1.29 is 4.92 Å². The molecule has 2 rings (SSSR count). The Morgan fingerprint density at radius 1 is 1.11 bits per heavy atom. The zero-order valence-electron chi connectivity index (χ0n) is 9.26. The van der Waals surface area contributed by atoms with Gasteiger partial charge in [0.05, 0.1) is 4.92 Å². The highest BCUT2D eigenvalue weighted by atomic mass is 35.5. The van der Waals surface area contributed by atoms with Gasteiger partial charge in [0.25, 0.3) is 5.69 Å². The maximum Gasteiger partial charge on any atom is 0.273 e. The molecule has 92 valence electrons. The topological polar surface area (TPSA) is 81.2 Å². The molecule has 0 spiro atoms. The SMILES string of the molecule is Nc1cc(Nc2ccc(Cl)cc2)cc([N+](=O)[O-])c1. The molecule has 0 fully saturated rings. The van der Waals surface area contributed by atoms with Gasteiger partial charge in [-0.05, 0) is 30.3 Å². The highest BCUT2D eigenvalue weighted by Crippen LogP contribution is 2.25. The molecule has 2 aromatic rings. The Morgan fingerprint density at radius 3 is 2.39 bits per heavy atom. The quantitative estimate of drug-likeness (QED) is 0.504. The van der Waals surface area contributed by atoms with Crippen LogP contribution in [0.5, 0.6) is 0 Å². The second-order valence-electron chi connectivity index (χ2n) is 3.70. The highest BCUT2D eigenvalue weighted by Gasteiger charge is 2.08. The minimum atomic E-state index is -0.483. The number of nitro groups is 1. The van der Waals surface area contributed by atoms with Gasteiger partial charge in [0, 0.05) is 34.2 Å². The number of hydrogen-bond donors (Lipinski definition) is 2. The van der Waals surface area contributed by atoms with E-state index in [1.165, 1.54) is 12.1 Å². The van der Waals surface area contributed by atoms with E-state index in [2.05, 4.69) is 5.32 Å². The van der Waals surface area contributed by atoms with Crippen molar-refractivity contribution >= 4 is 34.4 Å².